The molecule has 0 aliphatic carbocycles. The van der Waals surface area contributed by atoms with E-state index < -0.39 is 5.97 Å². The van der Waals surface area contributed by atoms with Crippen LogP contribution in [0.5, 0.6) is 5.75 Å². The molecule has 1 N–H and O–H groups in total. The summed E-state index contributed by atoms with van der Waals surface area (Å²) < 4.78 is 7.08. The van der Waals surface area contributed by atoms with Gasteiger partial charge in [-0.15, -0.1) is 0 Å². The number of benzene rings is 1. The van der Waals surface area contributed by atoms with Crippen LogP contribution in [0.2, 0.25) is 0 Å². The number of hydrogen-bond donors (Lipinski definition) is 1. The van der Waals surface area contributed by atoms with E-state index in [4.69, 9.17) is 4.74 Å². The number of aromatic carboxylic acids is 1. The molecule has 1 aromatic carbocycles. The monoisotopic (exact) mass is 310 g/mol. The van der Waals surface area contributed by atoms with Gasteiger partial charge in [0.25, 0.3) is 0 Å². The third kappa shape index (κ3) is 2.77. The summed E-state index contributed by atoms with van der Waals surface area (Å²) in [6.07, 6.45) is 0. The highest BCUT2D eigenvalue weighted by Crippen LogP contribution is 2.29. The summed E-state index contributed by atoms with van der Waals surface area (Å²) in [5.74, 6) is -0.231. The van der Waals surface area contributed by atoms with Gasteiger partial charge in [0.2, 0.25) is 0 Å². The number of pyridine rings is 1. The highest BCUT2D eigenvalue weighted by atomic mass is 16.5. The number of methoxy groups -OCH3 is 1. The zero-order chi connectivity index (χ0) is 16.6. The van der Waals surface area contributed by atoms with Gasteiger partial charge in [0.15, 0.2) is 0 Å². The Morgan fingerprint density at radius 2 is 2.04 bits per heavy atom. The van der Waals surface area contributed by atoms with E-state index in [2.05, 4.69) is 4.98 Å². The summed E-state index contributed by atoms with van der Waals surface area (Å²) in [5, 5.41) is 10.4. The third-order valence-electron chi connectivity index (χ3n) is 3.88. The minimum Gasteiger partial charge on any atom is -0.497 e. The SMILES string of the molecule is COc1cc(C)c2c(c1)cc(C(=O)O)n2Cc1cccc(C)n1. The van der Waals surface area contributed by atoms with Crippen molar-refractivity contribution in [3.63, 3.8) is 0 Å². The zero-order valence-corrected chi connectivity index (χ0v) is 13.3. The van der Waals surface area contributed by atoms with Gasteiger partial charge in [0, 0.05) is 11.1 Å². The van der Waals surface area contributed by atoms with Crippen molar-refractivity contribution in [3.8, 4) is 5.75 Å². The quantitative estimate of drug-likeness (QED) is 0.802. The summed E-state index contributed by atoms with van der Waals surface area (Å²) in [6, 6.07) is 11.2. The lowest BCUT2D eigenvalue weighted by Crippen LogP contribution is -2.11. The molecule has 0 atom stereocenters. The van der Waals surface area contributed by atoms with Gasteiger partial charge in [0.1, 0.15) is 11.4 Å². The molecule has 0 radical (unpaired) electrons. The lowest BCUT2D eigenvalue weighted by atomic mass is 10.1. The molecular formula is C18H18N2O3. The summed E-state index contributed by atoms with van der Waals surface area (Å²) >= 11 is 0. The van der Waals surface area contributed by atoms with Crippen LogP contribution >= 0.6 is 0 Å². The predicted molar refractivity (Wildman–Crippen MR) is 88.3 cm³/mol. The number of carboxylic acid groups (broad SMARTS) is 1. The molecule has 3 aromatic rings. The van der Waals surface area contributed by atoms with Crippen molar-refractivity contribution in [1.29, 1.82) is 0 Å². The molecule has 5 heteroatoms. The molecule has 0 unspecified atom stereocenters. The highest BCUT2D eigenvalue weighted by Gasteiger charge is 2.17. The molecule has 0 amide bonds. The van der Waals surface area contributed by atoms with Crippen LogP contribution < -0.4 is 4.74 Å². The van der Waals surface area contributed by atoms with E-state index >= 15 is 0 Å². The first kappa shape index (κ1) is 15.1. The molecule has 0 aliphatic rings. The average molecular weight is 310 g/mol. The van der Waals surface area contributed by atoms with Gasteiger partial charge in [-0.2, -0.15) is 0 Å². The fraction of sp³-hybridized carbons (Fsp3) is 0.222. The summed E-state index contributed by atoms with van der Waals surface area (Å²) in [5.41, 5.74) is 3.86. The minimum absolute atomic E-state index is 0.250. The topological polar surface area (TPSA) is 64.3 Å². The molecule has 3 rings (SSSR count). The van der Waals surface area contributed by atoms with Crippen LogP contribution in [-0.2, 0) is 6.54 Å². The van der Waals surface area contributed by atoms with Crippen LogP contribution in [0.3, 0.4) is 0 Å². The molecule has 0 aliphatic heterocycles. The Kier molecular flexibility index (Phi) is 3.78. The van der Waals surface area contributed by atoms with Crippen LogP contribution in [0.1, 0.15) is 27.4 Å². The zero-order valence-electron chi connectivity index (χ0n) is 13.3. The number of fused-ring (bicyclic) bond motifs is 1. The predicted octanol–water partition coefficient (Wildman–Crippen LogP) is 3.41. The van der Waals surface area contributed by atoms with Crippen LogP contribution in [0.25, 0.3) is 10.9 Å². The van der Waals surface area contributed by atoms with Gasteiger partial charge in [-0.3, -0.25) is 4.98 Å². The van der Waals surface area contributed by atoms with Crippen molar-refractivity contribution < 1.29 is 14.6 Å². The number of hydrogen-bond acceptors (Lipinski definition) is 3. The second kappa shape index (κ2) is 5.76. The Balaban J connectivity index is 2.21. The molecule has 0 saturated heterocycles. The number of carbonyl (C=O) groups is 1. The fourth-order valence-electron chi connectivity index (χ4n) is 2.91. The maximum absolute atomic E-state index is 11.6. The number of nitrogens with zero attached hydrogens (tertiary/aromatic N) is 2. The lowest BCUT2D eigenvalue weighted by molar-refractivity contribution is 0.0686. The van der Waals surface area contributed by atoms with E-state index in [1.807, 2.05) is 44.2 Å². The van der Waals surface area contributed by atoms with Crippen LogP contribution in [0, 0.1) is 13.8 Å². The fourth-order valence-corrected chi connectivity index (χ4v) is 2.91. The van der Waals surface area contributed by atoms with Crippen LogP contribution in [0.4, 0.5) is 0 Å². The third-order valence-corrected chi connectivity index (χ3v) is 3.88. The Morgan fingerprint density at radius 3 is 2.70 bits per heavy atom. The van der Waals surface area contributed by atoms with Crippen LogP contribution in [-0.4, -0.2) is 27.7 Å². The highest BCUT2D eigenvalue weighted by molar-refractivity contribution is 5.96. The van der Waals surface area contributed by atoms with Gasteiger partial charge in [-0.1, -0.05) is 6.07 Å². The van der Waals surface area contributed by atoms with Gasteiger partial charge < -0.3 is 14.4 Å². The number of aromatic nitrogens is 2. The van der Waals surface area contributed by atoms with E-state index in [-0.39, 0.29) is 5.69 Å². The molecule has 2 aromatic heterocycles. The Morgan fingerprint density at radius 1 is 1.26 bits per heavy atom. The summed E-state index contributed by atoms with van der Waals surface area (Å²) in [7, 11) is 1.60. The van der Waals surface area contributed by atoms with Crippen LogP contribution in [0.15, 0.2) is 36.4 Å². The Bertz CT molecular complexity index is 897. The first-order chi connectivity index (χ1) is 11.0. The van der Waals surface area contributed by atoms with E-state index in [9.17, 15) is 9.90 Å². The molecular weight excluding hydrogens is 292 g/mol. The van der Waals surface area contributed by atoms with Crippen molar-refractivity contribution in [2.45, 2.75) is 20.4 Å². The maximum atomic E-state index is 11.6. The first-order valence-electron chi connectivity index (χ1n) is 7.33. The van der Waals surface area contributed by atoms with E-state index in [0.29, 0.717) is 6.54 Å². The number of aryl methyl sites for hydroxylation is 2. The molecule has 23 heavy (non-hydrogen) atoms. The number of ether oxygens (including phenoxy) is 1. The normalized spacial score (nSPS) is 10.9. The lowest BCUT2D eigenvalue weighted by Gasteiger charge is -2.11. The molecule has 0 saturated carbocycles. The smallest absolute Gasteiger partial charge is 0.352 e. The average Bonchev–Trinajstić information content (AvgIpc) is 2.86. The van der Waals surface area contributed by atoms with Gasteiger partial charge >= 0.3 is 5.97 Å². The molecule has 2 heterocycles. The maximum Gasteiger partial charge on any atom is 0.352 e. The Hall–Kier alpha value is -2.82. The van der Waals surface area contributed by atoms with Crippen molar-refractivity contribution in [1.82, 2.24) is 9.55 Å². The van der Waals surface area contributed by atoms with E-state index in [1.54, 1.807) is 17.7 Å². The van der Waals surface area contributed by atoms with Gasteiger partial charge in [-0.05, 0) is 49.7 Å². The van der Waals surface area contributed by atoms with Gasteiger partial charge in [0.05, 0.1) is 24.9 Å². The van der Waals surface area contributed by atoms with Crippen molar-refractivity contribution in [2.75, 3.05) is 7.11 Å². The second-order valence-corrected chi connectivity index (χ2v) is 5.57. The number of carboxylic acids is 1. The van der Waals surface area contributed by atoms with Gasteiger partial charge in [-0.25, -0.2) is 4.79 Å². The van der Waals surface area contributed by atoms with Crippen molar-refractivity contribution in [2.24, 2.45) is 0 Å². The van der Waals surface area contributed by atoms with Crippen molar-refractivity contribution >= 4 is 16.9 Å². The first-order valence-corrected chi connectivity index (χ1v) is 7.33. The Labute approximate surface area is 134 Å². The van der Waals surface area contributed by atoms with E-state index in [1.165, 1.54) is 0 Å². The summed E-state index contributed by atoms with van der Waals surface area (Å²) in [6.45, 7) is 4.29. The molecule has 0 fully saturated rings. The van der Waals surface area contributed by atoms with E-state index in [0.717, 1.165) is 33.6 Å². The summed E-state index contributed by atoms with van der Waals surface area (Å²) in [4.78, 5) is 16.1. The second-order valence-electron chi connectivity index (χ2n) is 5.57. The molecule has 0 bridgehead atoms. The van der Waals surface area contributed by atoms with Crippen molar-refractivity contribution in [3.05, 3.63) is 59.0 Å². The number of rotatable bonds is 4. The molecule has 5 nitrogen and oxygen atoms in total. The molecule has 118 valence electrons. The minimum atomic E-state index is -0.952. The standard InChI is InChI=1S/C18H18N2O3/c1-11-7-15(23-3)8-13-9-16(18(21)22)20(17(11)13)10-14-6-4-5-12(2)19-14/h4-9H,10H2,1-3H3,(H,21,22). The largest absolute Gasteiger partial charge is 0.497 e. The molecule has 0 spiro atoms.